The number of hydrogen-bond donors (Lipinski definition) is 1. The number of nitrogens with zero attached hydrogens (tertiary/aromatic N) is 5. The van der Waals surface area contributed by atoms with E-state index in [2.05, 4.69) is 25.1 Å². The Morgan fingerprint density at radius 3 is 2.89 bits per heavy atom. The van der Waals surface area contributed by atoms with Gasteiger partial charge in [-0.15, -0.1) is 0 Å². The molecule has 1 unspecified atom stereocenters. The maximum Gasteiger partial charge on any atom is 0.261 e. The topological polar surface area (TPSA) is 96.9 Å². The molecule has 8 nitrogen and oxygen atoms in total. The first-order valence-corrected chi connectivity index (χ1v) is 9.38. The number of likely N-dealkylation sites (tertiary alicyclic amines) is 1. The molecule has 1 aliphatic rings. The van der Waals surface area contributed by atoms with Gasteiger partial charge in [-0.25, -0.2) is 9.97 Å². The number of rotatable bonds is 5. The van der Waals surface area contributed by atoms with E-state index in [9.17, 15) is 4.79 Å². The minimum atomic E-state index is -0.138. The SMILES string of the molecule is Cc1ccc(OCC(=O)N2CCCCC2c2nc(-c3cnccn3)n[nH]2)cc1. The first kappa shape index (κ1) is 18.1. The molecule has 2 aromatic heterocycles. The Bertz CT molecular complexity index is 925. The predicted octanol–water partition coefficient (Wildman–Crippen LogP) is 2.70. The van der Waals surface area contributed by atoms with Crippen LogP contribution in [0.4, 0.5) is 0 Å². The maximum absolute atomic E-state index is 12.8. The number of piperidine rings is 1. The van der Waals surface area contributed by atoms with Crippen LogP contribution in [0, 0.1) is 6.92 Å². The molecule has 0 aliphatic carbocycles. The first-order chi connectivity index (χ1) is 13.7. The zero-order chi connectivity index (χ0) is 19.3. The molecule has 0 saturated carbocycles. The number of aryl methyl sites for hydroxylation is 1. The van der Waals surface area contributed by atoms with Gasteiger partial charge < -0.3 is 9.64 Å². The number of carbonyl (C=O) groups excluding carboxylic acids is 1. The van der Waals surface area contributed by atoms with Crippen LogP contribution < -0.4 is 4.74 Å². The summed E-state index contributed by atoms with van der Waals surface area (Å²) in [5.41, 5.74) is 1.75. The van der Waals surface area contributed by atoms with E-state index < -0.39 is 0 Å². The first-order valence-electron chi connectivity index (χ1n) is 9.38. The Morgan fingerprint density at radius 2 is 2.11 bits per heavy atom. The largest absolute Gasteiger partial charge is 0.484 e. The van der Waals surface area contributed by atoms with Crippen molar-refractivity contribution in [2.45, 2.75) is 32.2 Å². The lowest BCUT2D eigenvalue weighted by Crippen LogP contribution is -2.41. The van der Waals surface area contributed by atoms with E-state index in [0.29, 0.717) is 29.6 Å². The number of H-pyrrole nitrogens is 1. The molecular weight excluding hydrogens is 356 g/mol. The maximum atomic E-state index is 12.8. The lowest BCUT2D eigenvalue weighted by atomic mass is 10.0. The van der Waals surface area contributed by atoms with Gasteiger partial charge in [0.25, 0.3) is 5.91 Å². The van der Waals surface area contributed by atoms with Gasteiger partial charge in [-0.1, -0.05) is 17.7 Å². The van der Waals surface area contributed by atoms with E-state index in [-0.39, 0.29) is 18.6 Å². The Kier molecular flexibility index (Phi) is 5.27. The molecule has 1 aromatic carbocycles. The van der Waals surface area contributed by atoms with Gasteiger partial charge in [0.15, 0.2) is 6.61 Å². The van der Waals surface area contributed by atoms with Gasteiger partial charge in [-0.05, 0) is 38.3 Å². The highest BCUT2D eigenvalue weighted by atomic mass is 16.5. The fourth-order valence-corrected chi connectivity index (χ4v) is 3.33. The van der Waals surface area contributed by atoms with Crippen LogP contribution in [0.2, 0.25) is 0 Å². The number of benzene rings is 1. The summed E-state index contributed by atoms with van der Waals surface area (Å²) in [5, 5.41) is 7.22. The van der Waals surface area contributed by atoms with E-state index >= 15 is 0 Å². The monoisotopic (exact) mass is 378 g/mol. The highest BCUT2D eigenvalue weighted by molar-refractivity contribution is 5.78. The smallest absolute Gasteiger partial charge is 0.261 e. The molecule has 1 aliphatic heterocycles. The van der Waals surface area contributed by atoms with Gasteiger partial charge in [-0.3, -0.25) is 14.9 Å². The van der Waals surface area contributed by atoms with Crippen LogP contribution in [0.1, 0.15) is 36.7 Å². The summed E-state index contributed by atoms with van der Waals surface area (Å²) in [7, 11) is 0. The second-order valence-corrected chi connectivity index (χ2v) is 6.84. The van der Waals surface area contributed by atoms with Crippen LogP contribution in [0.5, 0.6) is 5.75 Å². The van der Waals surface area contributed by atoms with Crippen molar-refractivity contribution in [3.8, 4) is 17.3 Å². The van der Waals surface area contributed by atoms with Gasteiger partial charge in [0, 0.05) is 18.9 Å². The molecule has 4 rings (SSSR count). The molecule has 1 atom stereocenters. The zero-order valence-electron chi connectivity index (χ0n) is 15.7. The van der Waals surface area contributed by atoms with Crippen molar-refractivity contribution in [1.82, 2.24) is 30.0 Å². The van der Waals surface area contributed by atoms with E-state index in [1.165, 1.54) is 0 Å². The van der Waals surface area contributed by atoms with E-state index in [4.69, 9.17) is 4.74 Å². The van der Waals surface area contributed by atoms with Crippen LogP contribution in [0.25, 0.3) is 11.5 Å². The van der Waals surface area contributed by atoms with Crippen molar-refractivity contribution in [2.75, 3.05) is 13.2 Å². The van der Waals surface area contributed by atoms with Crippen molar-refractivity contribution in [3.63, 3.8) is 0 Å². The third-order valence-corrected chi connectivity index (χ3v) is 4.82. The van der Waals surface area contributed by atoms with E-state index in [1.807, 2.05) is 36.1 Å². The van der Waals surface area contributed by atoms with Crippen LogP contribution in [-0.2, 0) is 4.79 Å². The summed E-state index contributed by atoms with van der Waals surface area (Å²) < 4.78 is 5.68. The van der Waals surface area contributed by atoms with Gasteiger partial charge >= 0.3 is 0 Å². The number of aromatic nitrogens is 5. The minimum absolute atomic E-state index is 0.00468. The molecule has 28 heavy (non-hydrogen) atoms. The van der Waals surface area contributed by atoms with Crippen molar-refractivity contribution in [3.05, 3.63) is 54.2 Å². The standard InChI is InChI=1S/C20H22N6O2/c1-14-5-7-15(8-6-14)28-13-18(27)26-11-3-2-4-17(26)20-23-19(24-25-20)16-12-21-9-10-22-16/h5-10,12,17H,2-4,11,13H2,1H3,(H,23,24,25). The molecule has 0 bridgehead atoms. The van der Waals surface area contributed by atoms with Crippen LogP contribution in [0.3, 0.4) is 0 Å². The highest BCUT2D eigenvalue weighted by Crippen LogP contribution is 2.29. The molecule has 8 heteroatoms. The fourth-order valence-electron chi connectivity index (χ4n) is 3.33. The molecule has 144 valence electrons. The average molecular weight is 378 g/mol. The second-order valence-electron chi connectivity index (χ2n) is 6.84. The second kappa shape index (κ2) is 8.16. The van der Waals surface area contributed by atoms with Gasteiger partial charge in [0.2, 0.25) is 5.82 Å². The molecule has 1 amide bonds. The third-order valence-electron chi connectivity index (χ3n) is 4.82. The summed E-state index contributed by atoms with van der Waals surface area (Å²) >= 11 is 0. The van der Waals surface area contributed by atoms with E-state index in [0.717, 1.165) is 24.8 Å². The average Bonchev–Trinajstić information content (AvgIpc) is 3.24. The summed E-state index contributed by atoms with van der Waals surface area (Å²) in [5.74, 6) is 1.79. The molecule has 3 aromatic rings. The normalized spacial score (nSPS) is 16.8. The van der Waals surface area contributed by atoms with Crippen LogP contribution >= 0.6 is 0 Å². The quantitative estimate of drug-likeness (QED) is 0.733. The Balaban J connectivity index is 1.46. The number of ether oxygens (including phenoxy) is 1. The van der Waals surface area contributed by atoms with E-state index in [1.54, 1.807) is 18.6 Å². The summed E-state index contributed by atoms with van der Waals surface area (Å²) in [6, 6.07) is 7.54. The fraction of sp³-hybridized carbons (Fsp3) is 0.350. The zero-order valence-corrected chi connectivity index (χ0v) is 15.7. The number of carbonyl (C=O) groups is 1. The van der Waals surface area contributed by atoms with Gasteiger partial charge in [0.1, 0.15) is 17.3 Å². The lowest BCUT2D eigenvalue weighted by Gasteiger charge is -2.34. The Morgan fingerprint density at radius 1 is 1.25 bits per heavy atom. The molecule has 1 saturated heterocycles. The highest BCUT2D eigenvalue weighted by Gasteiger charge is 2.30. The van der Waals surface area contributed by atoms with Crippen molar-refractivity contribution >= 4 is 5.91 Å². The Hall–Kier alpha value is -3.29. The summed E-state index contributed by atoms with van der Waals surface area (Å²) in [6.07, 6.45) is 7.67. The number of aromatic amines is 1. The lowest BCUT2D eigenvalue weighted by molar-refractivity contribution is -0.137. The minimum Gasteiger partial charge on any atom is -0.484 e. The Labute approximate surface area is 163 Å². The number of hydrogen-bond acceptors (Lipinski definition) is 6. The molecule has 0 radical (unpaired) electrons. The number of amides is 1. The third kappa shape index (κ3) is 4.00. The van der Waals surface area contributed by atoms with Gasteiger partial charge in [0.05, 0.1) is 12.2 Å². The van der Waals surface area contributed by atoms with Crippen molar-refractivity contribution < 1.29 is 9.53 Å². The molecular formula is C20H22N6O2. The van der Waals surface area contributed by atoms with Crippen LogP contribution in [-0.4, -0.2) is 49.1 Å². The number of nitrogens with one attached hydrogen (secondary N) is 1. The molecule has 0 spiro atoms. The predicted molar refractivity (Wildman–Crippen MR) is 102 cm³/mol. The van der Waals surface area contributed by atoms with Crippen molar-refractivity contribution in [2.24, 2.45) is 0 Å². The summed E-state index contributed by atoms with van der Waals surface area (Å²) in [6.45, 7) is 2.70. The van der Waals surface area contributed by atoms with Crippen molar-refractivity contribution in [1.29, 1.82) is 0 Å². The summed E-state index contributed by atoms with van der Waals surface area (Å²) in [4.78, 5) is 27.5. The molecule has 1 fully saturated rings. The van der Waals surface area contributed by atoms with Gasteiger partial charge in [-0.2, -0.15) is 5.10 Å². The molecule has 1 N–H and O–H groups in total. The van der Waals surface area contributed by atoms with Crippen LogP contribution in [0.15, 0.2) is 42.9 Å². The molecule has 3 heterocycles.